The number of carboxylic acid groups (broad SMARTS) is 1. The Bertz CT molecular complexity index is 402. The first kappa shape index (κ1) is 13.8. The van der Waals surface area contributed by atoms with Crippen molar-refractivity contribution in [1.29, 1.82) is 0 Å². The Kier molecular flexibility index (Phi) is 4.82. The first-order valence-electron chi connectivity index (χ1n) is 5.52. The van der Waals surface area contributed by atoms with Crippen LogP contribution in [-0.2, 0) is 4.79 Å². The van der Waals surface area contributed by atoms with Crippen LogP contribution in [0, 0.1) is 5.92 Å². The van der Waals surface area contributed by atoms with Crippen molar-refractivity contribution in [1.82, 2.24) is 0 Å². The van der Waals surface area contributed by atoms with Crippen LogP contribution in [0.25, 0.3) is 0 Å². The van der Waals surface area contributed by atoms with E-state index in [1.807, 2.05) is 13.8 Å². The van der Waals surface area contributed by atoms with Gasteiger partial charge in [-0.2, -0.15) is 0 Å². The molecule has 0 amide bonds. The maximum Gasteiger partial charge on any atom is 0.311 e. The van der Waals surface area contributed by atoms with Gasteiger partial charge in [-0.3, -0.25) is 4.79 Å². The SMILES string of the molecule is COc1ccc(Cl)cc1C(CC(C)C)C(=O)O. The molecule has 94 valence electrons. The zero-order chi connectivity index (χ0) is 13.0. The van der Waals surface area contributed by atoms with Crippen molar-refractivity contribution in [2.24, 2.45) is 5.92 Å². The van der Waals surface area contributed by atoms with E-state index in [0.29, 0.717) is 28.7 Å². The molecule has 1 unspecified atom stereocenters. The van der Waals surface area contributed by atoms with Gasteiger partial charge in [0.05, 0.1) is 13.0 Å². The molecule has 1 rings (SSSR count). The highest BCUT2D eigenvalue weighted by Gasteiger charge is 2.24. The number of benzene rings is 1. The molecule has 0 radical (unpaired) electrons. The average Bonchev–Trinajstić information content (AvgIpc) is 2.25. The molecular formula is C13H17ClO3. The van der Waals surface area contributed by atoms with Gasteiger partial charge >= 0.3 is 5.97 Å². The summed E-state index contributed by atoms with van der Waals surface area (Å²) in [6, 6.07) is 5.06. The van der Waals surface area contributed by atoms with Gasteiger partial charge in [0.1, 0.15) is 5.75 Å². The Morgan fingerprint density at radius 3 is 2.59 bits per heavy atom. The van der Waals surface area contributed by atoms with Crippen LogP contribution in [-0.4, -0.2) is 18.2 Å². The second kappa shape index (κ2) is 5.92. The lowest BCUT2D eigenvalue weighted by atomic mass is 9.90. The third kappa shape index (κ3) is 3.63. The van der Waals surface area contributed by atoms with Gasteiger partial charge in [0, 0.05) is 10.6 Å². The van der Waals surface area contributed by atoms with E-state index in [9.17, 15) is 9.90 Å². The number of carboxylic acids is 1. The molecule has 0 aliphatic heterocycles. The fourth-order valence-corrected chi connectivity index (χ4v) is 1.99. The number of carbonyl (C=O) groups is 1. The lowest BCUT2D eigenvalue weighted by molar-refractivity contribution is -0.139. The van der Waals surface area contributed by atoms with Gasteiger partial charge in [0.25, 0.3) is 0 Å². The number of hydrogen-bond acceptors (Lipinski definition) is 2. The van der Waals surface area contributed by atoms with Gasteiger partial charge < -0.3 is 9.84 Å². The highest BCUT2D eigenvalue weighted by atomic mass is 35.5. The van der Waals surface area contributed by atoms with Crippen LogP contribution < -0.4 is 4.74 Å². The first-order chi connectivity index (χ1) is 7.95. The second-order valence-electron chi connectivity index (χ2n) is 4.41. The minimum Gasteiger partial charge on any atom is -0.496 e. The van der Waals surface area contributed by atoms with E-state index in [-0.39, 0.29) is 0 Å². The van der Waals surface area contributed by atoms with Gasteiger partial charge in [-0.05, 0) is 30.5 Å². The predicted molar refractivity (Wildman–Crippen MR) is 67.8 cm³/mol. The third-order valence-electron chi connectivity index (χ3n) is 2.57. The average molecular weight is 257 g/mol. The summed E-state index contributed by atoms with van der Waals surface area (Å²) >= 11 is 5.91. The summed E-state index contributed by atoms with van der Waals surface area (Å²) in [6.45, 7) is 3.99. The van der Waals surface area contributed by atoms with Crippen molar-refractivity contribution in [3.05, 3.63) is 28.8 Å². The molecule has 3 nitrogen and oxygen atoms in total. The largest absolute Gasteiger partial charge is 0.496 e. The van der Waals surface area contributed by atoms with Gasteiger partial charge in [-0.15, -0.1) is 0 Å². The zero-order valence-electron chi connectivity index (χ0n) is 10.2. The molecule has 0 aliphatic rings. The van der Waals surface area contributed by atoms with Crippen LogP contribution in [0.2, 0.25) is 5.02 Å². The lowest BCUT2D eigenvalue weighted by Crippen LogP contribution is -2.15. The van der Waals surface area contributed by atoms with Crippen LogP contribution in [0.3, 0.4) is 0 Å². The molecular weight excluding hydrogens is 240 g/mol. The molecule has 0 aromatic heterocycles. The summed E-state index contributed by atoms with van der Waals surface area (Å²) < 4.78 is 5.19. The minimum atomic E-state index is -0.848. The summed E-state index contributed by atoms with van der Waals surface area (Å²) in [5.41, 5.74) is 0.640. The molecule has 0 bridgehead atoms. The molecule has 1 atom stereocenters. The van der Waals surface area contributed by atoms with E-state index < -0.39 is 11.9 Å². The molecule has 17 heavy (non-hydrogen) atoms. The van der Waals surface area contributed by atoms with Crippen molar-refractivity contribution >= 4 is 17.6 Å². The Balaban J connectivity index is 3.16. The van der Waals surface area contributed by atoms with Gasteiger partial charge in [0.2, 0.25) is 0 Å². The molecule has 0 saturated heterocycles. The van der Waals surface area contributed by atoms with E-state index in [2.05, 4.69) is 0 Å². The van der Waals surface area contributed by atoms with Crippen molar-refractivity contribution in [2.45, 2.75) is 26.2 Å². The topological polar surface area (TPSA) is 46.5 Å². The Hall–Kier alpha value is -1.22. The van der Waals surface area contributed by atoms with Crippen LogP contribution >= 0.6 is 11.6 Å². The fraction of sp³-hybridized carbons (Fsp3) is 0.462. The standard InChI is InChI=1S/C13H17ClO3/c1-8(2)6-11(13(15)16)10-7-9(14)4-5-12(10)17-3/h4-5,7-8,11H,6H2,1-3H3,(H,15,16). The van der Waals surface area contributed by atoms with Crippen LogP contribution in [0.4, 0.5) is 0 Å². The molecule has 1 N–H and O–H groups in total. The van der Waals surface area contributed by atoms with Crippen LogP contribution in [0.5, 0.6) is 5.75 Å². The smallest absolute Gasteiger partial charge is 0.311 e. The first-order valence-corrected chi connectivity index (χ1v) is 5.89. The van der Waals surface area contributed by atoms with Crippen molar-refractivity contribution in [3.63, 3.8) is 0 Å². The van der Waals surface area contributed by atoms with Crippen molar-refractivity contribution < 1.29 is 14.6 Å². The number of halogens is 1. The fourth-order valence-electron chi connectivity index (χ4n) is 1.81. The molecule has 0 aliphatic carbocycles. The number of rotatable bonds is 5. The number of hydrogen-bond donors (Lipinski definition) is 1. The number of ether oxygens (including phenoxy) is 1. The van der Waals surface area contributed by atoms with Crippen LogP contribution in [0.1, 0.15) is 31.7 Å². The molecule has 1 aromatic carbocycles. The Labute approximate surface area is 106 Å². The lowest BCUT2D eigenvalue weighted by Gasteiger charge is -2.18. The van der Waals surface area contributed by atoms with E-state index in [4.69, 9.17) is 16.3 Å². The van der Waals surface area contributed by atoms with E-state index in [1.165, 1.54) is 7.11 Å². The summed E-state index contributed by atoms with van der Waals surface area (Å²) in [4.78, 5) is 11.3. The summed E-state index contributed by atoms with van der Waals surface area (Å²) in [6.07, 6.45) is 0.562. The molecule has 0 saturated carbocycles. The second-order valence-corrected chi connectivity index (χ2v) is 4.84. The highest BCUT2D eigenvalue weighted by Crippen LogP contribution is 2.33. The summed E-state index contributed by atoms with van der Waals surface area (Å²) in [7, 11) is 1.53. The number of methoxy groups -OCH3 is 1. The summed E-state index contributed by atoms with van der Waals surface area (Å²) in [5, 5.41) is 9.81. The van der Waals surface area contributed by atoms with E-state index in [0.717, 1.165) is 0 Å². The zero-order valence-corrected chi connectivity index (χ0v) is 11.0. The van der Waals surface area contributed by atoms with E-state index in [1.54, 1.807) is 18.2 Å². The molecule has 0 heterocycles. The van der Waals surface area contributed by atoms with Crippen molar-refractivity contribution in [3.8, 4) is 5.75 Å². The predicted octanol–water partition coefficient (Wildman–Crippen LogP) is 3.56. The maximum atomic E-state index is 11.3. The van der Waals surface area contributed by atoms with Crippen molar-refractivity contribution in [2.75, 3.05) is 7.11 Å². The molecule has 0 spiro atoms. The molecule has 1 aromatic rings. The third-order valence-corrected chi connectivity index (χ3v) is 2.81. The van der Waals surface area contributed by atoms with E-state index >= 15 is 0 Å². The van der Waals surface area contributed by atoms with Gasteiger partial charge in [-0.25, -0.2) is 0 Å². The molecule has 0 fully saturated rings. The maximum absolute atomic E-state index is 11.3. The van der Waals surface area contributed by atoms with Gasteiger partial charge in [0.15, 0.2) is 0 Å². The Morgan fingerprint density at radius 1 is 1.47 bits per heavy atom. The quantitative estimate of drug-likeness (QED) is 0.876. The van der Waals surface area contributed by atoms with Gasteiger partial charge in [-0.1, -0.05) is 25.4 Å². The Morgan fingerprint density at radius 2 is 2.12 bits per heavy atom. The highest BCUT2D eigenvalue weighted by molar-refractivity contribution is 6.30. The normalized spacial score (nSPS) is 12.5. The monoisotopic (exact) mass is 256 g/mol. The van der Waals surface area contributed by atoms with Crippen LogP contribution in [0.15, 0.2) is 18.2 Å². The number of aliphatic carboxylic acids is 1. The minimum absolute atomic E-state index is 0.291. The molecule has 4 heteroatoms. The summed E-state index contributed by atoms with van der Waals surface area (Å²) in [5.74, 6) is -0.565.